The topological polar surface area (TPSA) is 32.3 Å². The molecule has 4 rings (SSSR count). The van der Waals surface area contributed by atoms with Gasteiger partial charge in [-0.3, -0.25) is 4.79 Å². The summed E-state index contributed by atoms with van der Waals surface area (Å²) in [6.07, 6.45) is 2.23. The van der Waals surface area contributed by atoms with Crippen molar-refractivity contribution in [1.82, 2.24) is 4.90 Å². The summed E-state index contributed by atoms with van der Waals surface area (Å²) >= 11 is 1.76. The van der Waals surface area contributed by atoms with Crippen LogP contribution in [0.15, 0.2) is 36.4 Å². The number of benzene rings is 1. The van der Waals surface area contributed by atoms with Gasteiger partial charge in [-0.05, 0) is 44.0 Å². The van der Waals surface area contributed by atoms with Crippen LogP contribution in [0.5, 0.6) is 0 Å². The van der Waals surface area contributed by atoms with Gasteiger partial charge < -0.3 is 10.2 Å². The van der Waals surface area contributed by atoms with Crippen LogP contribution < -0.4 is 5.32 Å². The highest BCUT2D eigenvalue weighted by Gasteiger charge is 2.42. The van der Waals surface area contributed by atoms with E-state index in [0.717, 1.165) is 24.1 Å². The predicted molar refractivity (Wildman–Crippen MR) is 81.1 cm³/mol. The SMILES string of the molecule is Cc1ccc([C@@H]2Nc3ccccc3C(=O)N2C2CC2)s1. The molecule has 1 saturated carbocycles. The minimum Gasteiger partial charge on any atom is -0.360 e. The van der Waals surface area contributed by atoms with Gasteiger partial charge in [0.05, 0.1) is 5.56 Å². The van der Waals surface area contributed by atoms with E-state index in [9.17, 15) is 4.79 Å². The van der Waals surface area contributed by atoms with E-state index in [0.29, 0.717) is 6.04 Å². The Morgan fingerprint density at radius 2 is 2.00 bits per heavy atom. The number of amides is 1. The summed E-state index contributed by atoms with van der Waals surface area (Å²) in [7, 11) is 0. The number of hydrogen-bond acceptors (Lipinski definition) is 3. The monoisotopic (exact) mass is 284 g/mol. The third-order valence-electron chi connectivity index (χ3n) is 3.93. The van der Waals surface area contributed by atoms with E-state index < -0.39 is 0 Å². The molecule has 1 aliphatic heterocycles. The molecule has 2 aromatic rings. The summed E-state index contributed by atoms with van der Waals surface area (Å²) in [6.45, 7) is 2.11. The summed E-state index contributed by atoms with van der Waals surface area (Å²) in [5.41, 5.74) is 1.74. The number of aryl methyl sites for hydroxylation is 1. The smallest absolute Gasteiger partial charge is 0.258 e. The molecule has 102 valence electrons. The number of para-hydroxylation sites is 1. The second-order valence-corrected chi connectivity index (χ2v) is 6.80. The van der Waals surface area contributed by atoms with Crippen molar-refractivity contribution >= 4 is 22.9 Å². The van der Waals surface area contributed by atoms with Gasteiger partial charge in [-0.15, -0.1) is 11.3 Å². The Balaban J connectivity index is 1.80. The van der Waals surface area contributed by atoms with Gasteiger partial charge >= 0.3 is 0 Å². The minimum absolute atomic E-state index is 0.0106. The quantitative estimate of drug-likeness (QED) is 0.910. The van der Waals surface area contributed by atoms with Crippen molar-refractivity contribution in [3.63, 3.8) is 0 Å². The number of anilines is 1. The van der Waals surface area contributed by atoms with Gasteiger partial charge in [-0.25, -0.2) is 0 Å². The highest BCUT2D eigenvalue weighted by Crippen LogP contribution is 2.42. The summed E-state index contributed by atoms with van der Waals surface area (Å²) < 4.78 is 0. The Morgan fingerprint density at radius 3 is 2.70 bits per heavy atom. The molecule has 0 radical (unpaired) electrons. The van der Waals surface area contributed by atoms with Gasteiger partial charge in [0.15, 0.2) is 0 Å². The average Bonchev–Trinajstić information content (AvgIpc) is 3.20. The van der Waals surface area contributed by atoms with E-state index in [4.69, 9.17) is 0 Å². The molecule has 1 fully saturated rings. The molecule has 1 aliphatic carbocycles. The molecular formula is C16H16N2OS. The molecule has 1 N–H and O–H groups in total. The first kappa shape index (κ1) is 12.0. The first-order chi connectivity index (χ1) is 9.74. The fourth-order valence-corrected chi connectivity index (χ4v) is 3.73. The van der Waals surface area contributed by atoms with Gasteiger partial charge in [0.25, 0.3) is 5.91 Å². The number of rotatable bonds is 2. The molecule has 0 bridgehead atoms. The Hall–Kier alpha value is -1.81. The van der Waals surface area contributed by atoms with E-state index in [1.54, 1.807) is 11.3 Å². The molecule has 1 aromatic carbocycles. The molecule has 0 unspecified atom stereocenters. The van der Waals surface area contributed by atoms with Crippen LogP contribution in [-0.2, 0) is 0 Å². The van der Waals surface area contributed by atoms with Crippen LogP contribution in [0.3, 0.4) is 0 Å². The van der Waals surface area contributed by atoms with Gasteiger partial charge in [0.1, 0.15) is 6.17 Å². The largest absolute Gasteiger partial charge is 0.360 e. The standard InChI is InChI=1S/C16H16N2OS/c1-10-6-9-14(20-10)15-17-13-5-3-2-4-12(13)16(19)18(15)11-7-8-11/h2-6,9,11,15,17H,7-8H2,1H3/t15-/m1/s1. The number of carbonyl (C=O) groups excluding carboxylic acids is 1. The molecule has 0 spiro atoms. The minimum atomic E-state index is -0.0106. The molecular weight excluding hydrogens is 268 g/mol. The Morgan fingerprint density at radius 1 is 1.20 bits per heavy atom. The lowest BCUT2D eigenvalue weighted by Crippen LogP contribution is -2.43. The Kier molecular flexibility index (Phi) is 2.60. The third-order valence-corrected chi connectivity index (χ3v) is 4.99. The zero-order chi connectivity index (χ0) is 13.7. The van der Waals surface area contributed by atoms with Gasteiger partial charge in [0, 0.05) is 21.5 Å². The summed E-state index contributed by atoms with van der Waals surface area (Å²) in [4.78, 5) is 17.3. The Bertz CT molecular complexity index is 675. The van der Waals surface area contributed by atoms with E-state index in [2.05, 4.69) is 24.4 Å². The van der Waals surface area contributed by atoms with Crippen LogP contribution in [-0.4, -0.2) is 16.8 Å². The number of fused-ring (bicyclic) bond motifs is 1. The molecule has 2 heterocycles. The lowest BCUT2D eigenvalue weighted by atomic mass is 10.1. The lowest BCUT2D eigenvalue weighted by molar-refractivity contribution is 0.0669. The highest BCUT2D eigenvalue weighted by molar-refractivity contribution is 7.12. The van der Waals surface area contributed by atoms with Crippen molar-refractivity contribution in [2.45, 2.75) is 32.0 Å². The van der Waals surface area contributed by atoms with Crippen LogP contribution in [0.1, 0.15) is 39.1 Å². The predicted octanol–water partition coefficient (Wildman–Crippen LogP) is 3.79. The third kappa shape index (κ3) is 1.83. The van der Waals surface area contributed by atoms with Gasteiger partial charge in [-0.2, -0.15) is 0 Å². The number of thiophene rings is 1. The van der Waals surface area contributed by atoms with Crippen LogP contribution in [0.2, 0.25) is 0 Å². The van der Waals surface area contributed by atoms with E-state index >= 15 is 0 Å². The molecule has 1 aromatic heterocycles. The van der Waals surface area contributed by atoms with Gasteiger partial charge in [-0.1, -0.05) is 12.1 Å². The maximum absolute atomic E-state index is 12.8. The fourth-order valence-electron chi connectivity index (χ4n) is 2.81. The Labute approximate surface area is 122 Å². The first-order valence-corrected chi connectivity index (χ1v) is 7.80. The van der Waals surface area contributed by atoms with Crippen molar-refractivity contribution in [2.75, 3.05) is 5.32 Å². The number of nitrogens with one attached hydrogen (secondary N) is 1. The fraction of sp³-hybridized carbons (Fsp3) is 0.312. The molecule has 20 heavy (non-hydrogen) atoms. The molecule has 4 heteroatoms. The van der Waals surface area contributed by atoms with Crippen LogP contribution in [0.4, 0.5) is 5.69 Å². The number of hydrogen-bond donors (Lipinski definition) is 1. The molecule has 3 nitrogen and oxygen atoms in total. The molecule has 0 saturated heterocycles. The second-order valence-electron chi connectivity index (χ2n) is 5.48. The van der Waals surface area contributed by atoms with Crippen molar-refractivity contribution in [3.8, 4) is 0 Å². The van der Waals surface area contributed by atoms with Crippen molar-refractivity contribution in [1.29, 1.82) is 0 Å². The summed E-state index contributed by atoms with van der Waals surface area (Å²) in [5, 5.41) is 3.54. The number of nitrogens with zero attached hydrogens (tertiary/aromatic N) is 1. The van der Waals surface area contributed by atoms with Gasteiger partial charge in [0.2, 0.25) is 0 Å². The summed E-state index contributed by atoms with van der Waals surface area (Å²) in [5.74, 6) is 0.165. The normalized spacial score (nSPS) is 21.6. The zero-order valence-corrected chi connectivity index (χ0v) is 12.1. The van der Waals surface area contributed by atoms with Crippen molar-refractivity contribution < 1.29 is 4.79 Å². The first-order valence-electron chi connectivity index (χ1n) is 6.98. The van der Waals surface area contributed by atoms with E-state index in [1.807, 2.05) is 29.2 Å². The van der Waals surface area contributed by atoms with E-state index in [1.165, 1.54) is 9.75 Å². The lowest BCUT2D eigenvalue weighted by Gasteiger charge is -2.37. The van der Waals surface area contributed by atoms with Crippen LogP contribution in [0, 0.1) is 6.92 Å². The average molecular weight is 284 g/mol. The highest BCUT2D eigenvalue weighted by atomic mass is 32.1. The van der Waals surface area contributed by atoms with E-state index in [-0.39, 0.29) is 12.1 Å². The molecule has 1 amide bonds. The molecule has 1 atom stereocenters. The zero-order valence-electron chi connectivity index (χ0n) is 11.3. The molecule has 2 aliphatic rings. The van der Waals surface area contributed by atoms with Crippen molar-refractivity contribution in [2.24, 2.45) is 0 Å². The van der Waals surface area contributed by atoms with Crippen LogP contribution >= 0.6 is 11.3 Å². The van der Waals surface area contributed by atoms with Crippen molar-refractivity contribution in [3.05, 3.63) is 51.7 Å². The second kappa shape index (κ2) is 4.35. The number of carbonyl (C=O) groups is 1. The maximum Gasteiger partial charge on any atom is 0.258 e. The van der Waals surface area contributed by atoms with Crippen LogP contribution in [0.25, 0.3) is 0 Å². The maximum atomic E-state index is 12.8. The summed E-state index contributed by atoms with van der Waals surface area (Å²) in [6, 6.07) is 12.5.